The number of carbonyl (C=O) groups is 1. The molecule has 0 atom stereocenters. The molecule has 0 unspecified atom stereocenters. The second kappa shape index (κ2) is 9.46. The Hall–Kier alpha value is -2.62. The van der Waals surface area contributed by atoms with E-state index in [-0.39, 0.29) is 17.1 Å². The van der Waals surface area contributed by atoms with Gasteiger partial charge in [0.25, 0.3) is 0 Å². The van der Waals surface area contributed by atoms with Crippen LogP contribution >= 0.6 is 15.9 Å². The van der Waals surface area contributed by atoms with E-state index in [2.05, 4.69) is 21.2 Å². The summed E-state index contributed by atoms with van der Waals surface area (Å²) in [5.41, 5.74) is 0.721. The first-order valence-electron chi connectivity index (χ1n) is 8.80. The van der Waals surface area contributed by atoms with Crippen molar-refractivity contribution in [2.75, 3.05) is 11.9 Å². The maximum absolute atomic E-state index is 13.4. The van der Waals surface area contributed by atoms with Gasteiger partial charge in [-0.3, -0.25) is 4.79 Å². The third-order valence-corrected chi connectivity index (χ3v) is 6.51. The third kappa shape index (κ3) is 5.50. The van der Waals surface area contributed by atoms with Gasteiger partial charge in [-0.1, -0.05) is 46.3 Å². The van der Waals surface area contributed by atoms with Gasteiger partial charge in [0.15, 0.2) is 11.6 Å². The molecule has 0 radical (unpaired) electrons. The number of hydrogen-bond donors (Lipinski definition) is 1. The van der Waals surface area contributed by atoms with Crippen molar-refractivity contribution in [2.45, 2.75) is 11.4 Å². The molecule has 1 amide bonds. The van der Waals surface area contributed by atoms with Crippen molar-refractivity contribution < 1.29 is 22.0 Å². The van der Waals surface area contributed by atoms with E-state index in [1.165, 1.54) is 18.2 Å². The van der Waals surface area contributed by atoms with Crippen LogP contribution in [0.5, 0.6) is 0 Å². The van der Waals surface area contributed by atoms with Crippen LogP contribution in [0.15, 0.2) is 82.2 Å². The molecular weight excluding hydrogens is 478 g/mol. The monoisotopic (exact) mass is 494 g/mol. The molecule has 0 saturated carbocycles. The standard InChI is InChI=1S/C21H17BrF2N2O3S/c22-16-6-9-18(10-7-16)30(28,29)26(13-15-4-2-1-3-5-15)14-21(27)25-17-8-11-19(23)20(24)12-17/h1-12H,13-14H2,(H,25,27). The molecule has 5 nitrogen and oxygen atoms in total. The summed E-state index contributed by atoms with van der Waals surface area (Å²) in [7, 11) is -4.00. The molecule has 30 heavy (non-hydrogen) atoms. The van der Waals surface area contributed by atoms with Crippen LogP contribution in [-0.2, 0) is 21.4 Å². The minimum Gasteiger partial charge on any atom is -0.325 e. The molecule has 1 N–H and O–H groups in total. The van der Waals surface area contributed by atoms with Crippen molar-refractivity contribution in [3.63, 3.8) is 0 Å². The third-order valence-electron chi connectivity index (χ3n) is 4.18. The highest BCUT2D eigenvalue weighted by atomic mass is 79.9. The average Bonchev–Trinajstić information content (AvgIpc) is 2.71. The number of nitrogens with zero attached hydrogens (tertiary/aromatic N) is 1. The van der Waals surface area contributed by atoms with E-state index in [1.807, 2.05) is 0 Å². The van der Waals surface area contributed by atoms with Gasteiger partial charge in [0, 0.05) is 22.8 Å². The van der Waals surface area contributed by atoms with Gasteiger partial charge >= 0.3 is 0 Å². The Morgan fingerprint density at radius 1 is 0.933 bits per heavy atom. The van der Waals surface area contributed by atoms with Gasteiger partial charge in [-0.15, -0.1) is 0 Å². The fourth-order valence-electron chi connectivity index (χ4n) is 2.70. The Morgan fingerprint density at radius 2 is 1.60 bits per heavy atom. The maximum Gasteiger partial charge on any atom is 0.243 e. The molecule has 0 bridgehead atoms. The van der Waals surface area contributed by atoms with E-state index in [4.69, 9.17) is 0 Å². The molecular formula is C21H17BrF2N2O3S. The van der Waals surface area contributed by atoms with Crippen LogP contribution in [0, 0.1) is 11.6 Å². The maximum atomic E-state index is 13.4. The zero-order valence-electron chi connectivity index (χ0n) is 15.6. The SMILES string of the molecule is O=C(CN(Cc1ccccc1)S(=O)(=O)c1ccc(Br)cc1)Nc1ccc(F)c(F)c1. The van der Waals surface area contributed by atoms with E-state index < -0.39 is 34.1 Å². The molecule has 156 valence electrons. The number of carbonyl (C=O) groups excluding carboxylic acids is 1. The van der Waals surface area contributed by atoms with E-state index in [1.54, 1.807) is 42.5 Å². The number of hydrogen-bond acceptors (Lipinski definition) is 3. The van der Waals surface area contributed by atoms with Gasteiger partial charge in [0.1, 0.15) is 0 Å². The average molecular weight is 495 g/mol. The fraction of sp³-hybridized carbons (Fsp3) is 0.0952. The quantitative estimate of drug-likeness (QED) is 0.523. The van der Waals surface area contributed by atoms with Gasteiger partial charge in [0.2, 0.25) is 15.9 Å². The summed E-state index contributed by atoms with van der Waals surface area (Å²) < 4.78 is 54.5. The topological polar surface area (TPSA) is 66.5 Å². The van der Waals surface area contributed by atoms with Gasteiger partial charge < -0.3 is 5.32 Å². The smallest absolute Gasteiger partial charge is 0.243 e. The molecule has 0 aliphatic carbocycles. The predicted octanol–water partition coefficient (Wildman–Crippen LogP) is 4.56. The van der Waals surface area contributed by atoms with Crippen LogP contribution in [0.1, 0.15) is 5.56 Å². The molecule has 3 rings (SSSR count). The zero-order valence-corrected chi connectivity index (χ0v) is 18.0. The van der Waals surface area contributed by atoms with E-state index >= 15 is 0 Å². The lowest BCUT2D eigenvalue weighted by Gasteiger charge is -2.22. The van der Waals surface area contributed by atoms with Crippen molar-refractivity contribution in [3.05, 3.63) is 94.5 Å². The van der Waals surface area contributed by atoms with E-state index in [0.29, 0.717) is 10.0 Å². The molecule has 0 aromatic heterocycles. The normalized spacial score (nSPS) is 11.5. The Kier molecular flexibility index (Phi) is 6.96. The lowest BCUT2D eigenvalue weighted by Crippen LogP contribution is -2.37. The summed E-state index contributed by atoms with van der Waals surface area (Å²) in [6, 6.07) is 17.8. The van der Waals surface area contributed by atoms with Gasteiger partial charge in [-0.25, -0.2) is 17.2 Å². The number of benzene rings is 3. The molecule has 0 spiro atoms. The summed E-state index contributed by atoms with van der Waals surface area (Å²) >= 11 is 3.26. The highest BCUT2D eigenvalue weighted by Gasteiger charge is 2.27. The second-order valence-corrected chi connectivity index (χ2v) is 9.24. The Morgan fingerprint density at radius 3 is 2.23 bits per heavy atom. The number of anilines is 1. The van der Waals surface area contributed by atoms with Crippen LogP contribution in [0.25, 0.3) is 0 Å². The summed E-state index contributed by atoms with van der Waals surface area (Å²) in [5.74, 6) is -2.84. The Labute approximate surface area is 181 Å². The molecule has 0 aliphatic rings. The van der Waals surface area contributed by atoms with Crippen LogP contribution in [-0.4, -0.2) is 25.2 Å². The number of halogens is 3. The van der Waals surface area contributed by atoms with Gasteiger partial charge in [-0.2, -0.15) is 4.31 Å². The predicted molar refractivity (Wildman–Crippen MR) is 113 cm³/mol. The molecule has 3 aromatic carbocycles. The molecule has 3 aromatic rings. The lowest BCUT2D eigenvalue weighted by atomic mass is 10.2. The van der Waals surface area contributed by atoms with Crippen LogP contribution in [0.4, 0.5) is 14.5 Å². The molecule has 0 fully saturated rings. The minimum atomic E-state index is -4.00. The highest BCUT2D eigenvalue weighted by Crippen LogP contribution is 2.21. The summed E-state index contributed by atoms with van der Waals surface area (Å²) in [6.45, 7) is -0.545. The first kappa shape index (κ1) is 22.1. The van der Waals surface area contributed by atoms with Crippen molar-refractivity contribution in [1.29, 1.82) is 0 Å². The number of nitrogens with one attached hydrogen (secondary N) is 1. The summed E-state index contributed by atoms with van der Waals surface area (Å²) in [5, 5.41) is 2.40. The highest BCUT2D eigenvalue weighted by molar-refractivity contribution is 9.10. The number of sulfonamides is 1. The largest absolute Gasteiger partial charge is 0.325 e. The van der Waals surface area contributed by atoms with Crippen molar-refractivity contribution in [3.8, 4) is 0 Å². The second-order valence-electron chi connectivity index (χ2n) is 6.39. The first-order chi connectivity index (χ1) is 14.3. The molecule has 0 aliphatic heterocycles. The molecule has 0 saturated heterocycles. The summed E-state index contributed by atoms with van der Waals surface area (Å²) in [4.78, 5) is 12.5. The van der Waals surface area contributed by atoms with Crippen molar-refractivity contribution >= 4 is 37.5 Å². The Balaban J connectivity index is 1.86. The van der Waals surface area contributed by atoms with Gasteiger partial charge in [0.05, 0.1) is 11.4 Å². The lowest BCUT2D eigenvalue weighted by molar-refractivity contribution is -0.116. The van der Waals surface area contributed by atoms with Crippen LogP contribution in [0.3, 0.4) is 0 Å². The first-order valence-corrected chi connectivity index (χ1v) is 11.0. The van der Waals surface area contributed by atoms with Crippen molar-refractivity contribution in [1.82, 2.24) is 4.31 Å². The summed E-state index contributed by atoms with van der Waals surface area (Å²) in [6.07, 6.45) is 0. The van der Waals surface area contributed by atoms with Crippen LogP contribution in [0.2, 0.25) is 0 Å². The van der Waals surface area contributed by atoms with Crippen LogP contribution < -0.4 is 5.32 Å². The minimum absolute atomic E-state index is 0.0274. The van der Waals surface area contributed by atoms with Crippen molar-refractivity contribution in [2.24, 2.45) is 0 Å². The number of rotatable bonds is 7. The molecule has 9 heteroatoms. The number of amides is 1. The van der Waals surface area contributed by atoms with E-state index in [0.717, 1.165) is 16.4 Å². The molecule has 0 heterocycles. The van der Waals surface area contributed by atoms with E-state index in [9.17, 15) is 22.0 Å². The zero-order chi connectivity index (χ0) is 21.7. The fourth-order valence-corrected chi connectivity index (χ4v) is 4.35. The Bertz CT molecular complexity index is 1140. The van der Waals surface area contributed by atoms with Gasteiger partial charge in [-0.05, 0) is 42.0 Å².